The van der Waals surface area contributed by atoms with Crippen molar-refractivity contribution < 1.29 is 9.13 Å². The van der Waals surface area contributed by atoms with Gasteiger partial charge < -0.3 is 10.5 Å². The first-order valence-corrected chi connectivity index (χ1v) is 6.76. The molecule has 19 heavy (non-hydrogen) atoms. The molecule has 0 atom stereocenters. The predicted molar refractivity (Wildman–Crippen MR) is 77.5 cm³/mol. The number of hydrogen-bond acceptors (Lipinski definition) is 2. The SMILES string of the molecule is Cc1cc(CN)ccc1COc1ccc(F)c(Br)c1. The molecule has 0 saturated heterocycles. The minimum absolute atomic E-state index is 0.296. The smallest absolute Gasteiger partial charge is 0.137 e. The molecule has 0 bridgehead atoms. The monoisotopic (exact) mass is 323 g/mol. The van der Waals surface area contributed by atoms with Crippen LogP contribution in [0.25, 0.3) is 0 Å². The second kappa shape index (κ2) is 6.17. The topological polar surface area (TPSA) is 35.2 Å². The van der Waals surface area contributed by atoms with Crippen molar-refractivity contribution in [2.24, 2.45) is 5.73 Å². The lowest BCUT2D eigenvalue weighted by molar-refractivity contribution is 0.304. The summed E-state index contributed by atoms with van der Waals surface area (Å²) >= 11 is 3.14. The molecule has 0 fully saturated rings. The second-order valence-corrected chi connectivity index (χ2v) is 5.18. The second-order valence-electron chi connectivity index (χ2n) is 4.33. The molecule has 2 aromatic carbocycles. The van der Waals surface area contributed by atoms with E-state index in [0.717, 1.165) is 16.7 Å². The van der Waals surface area contributed by atoms with Gasteiger partial charge in [-0.3, -0.25) is 0 Å². The number of halogens is 2. The summed E-state index contributed by atoms with van der Waals surface area (Å²) in [6, 6.07) is 10.7. The molecule has 0 unspecified atom stereocenters. The summed E-state index contributed by atoms with van der Waals surface area (Å²) in [5.41, 5.74) is 8.93. The van der Waals surface area contributed by atoms with E-state index in [4.69, 9.17) is 10.5 Å². The lowest BCUT2D eigenvalue weighted by atomic mass is 10.1. The van der Waals surface area contributed by atoms with E-state index >= 15 is 0 Å². The van der Waals surface area contributed by atoms with Crippen LogP contribution >= 0.6 is 15.9 Å². The molecule has 0 aromatic heterocycles. The summed E-state index contributed by atoms with van der Waals surface area (Å²) in [7, 11) is 0. The van der Waals surface area contributed by atoms with E-state index in [9.17, 15) is 4.39 Å². The van der Waals surface area contributed by atoms with Crippen LogP contribution in [0.1, 0.15) is 16.7 Å². The summed E-state index contributed by atoms with van der Waals surface area (Å²) in [4.78, 5) is 0. The molecule has 0 aliphatic heterocycles. The van der Waals surface area contributed by atoms with Gasteiger partial charge in [0.15, 0.2) is 0 Å². The molecule has 0 spiro atoms. The summed E-state index contributed by atoms with van der Waals surface area (Å²) in [6.07, 6.45) is 0. The van der Waals surface area contributed by atoms with E-state index in [2.05, 4.69) is 22.0 Å². The van der Waals surface area contributed by atoms with Crippen molar-refractivity contribution >= 4 is 15.9 Å². The van der Waals surface area contributed by atoms with Gasteiger partial charge in [0, 0.05) is 6.54 Å². The Hall–Kier alpha value is -1.39. The van der Waals surface area contributed by atoms with Crippen molar-refractivity contribution in [3.8, 4) is 5.75 Å². The molecular weight excluding hydrogens is 309 g/mol. The minimum Gasteiger partial charge on any atom is -0.489 e. The van der Waals surface area contributed by atoms with Crippen LogP contribution in [0, 0.1) is 12.7 Å². The molecular formula is C15H15BrFNO. The average molecular weight is 324 g/mol. The number of benzene rings is 2. The van der Waals surface area contributed by atoms with Crippen LogP contribution in [-0.2, 0) is 13.2 Å². The van der Waals surface area contributed by atoms with Crippen molar-refractivity contribution in [1.82, 2.24) is 0 Å². The quantitative estimate of drug-likeness (QED) is 0.925. The zero-order valence-corrected chi connectivity index (χ0v) is 12.2. The van der Waals surface area contributed by atoms with E-state index in [1.165, 1.54) is 6.07 Å². The van der Waals surface area contributed by atoms with Crippen LogP contribution in [0.5, 0.6) is 5.75 Å². The van der Waals surface area contributed by atoms with Gasteiger partial charge >= 0.3 is 0 Å². The first kappa shape index (κ1) is 14.0. The summed E-state index contributed by atoms with van der Waals surface area (Å²) < 4.78 is 19.2. The van der Waals surface area contributed by atoms with Crippen molar-refractivity contribution in [2.75, 3.05) is 0 Å². The van der Waals surface area contributed by atoms with Crippen LogP contribution in [0.2, 0.25) is 0 Å². The van der Waals surface area contributed by atoms with Gasteiger partial charge in [-0.2, -0.15) is 0 Å². The van der Waals surface area contributed by atoms with Crippen molar-refractivity contribution in [3.63, 3.8) is 0 Å². The van der Waals surface area contributed by atoms with E-state index in [-0.39, 0.29) is 5.82 Å². The number of rotatable bonds is 4. The van der Waals surface area contributed by atoms with Crippen molar-refractivity contribution in [2.45, 2.75) is 20.1 Å². The highest BCUT2D eigenvalue weighted by molar-refractivity contribution is 9.10. The molecule has 2 N–H and O–H groups in total. The predicted octanol–water partition coefficient (Wildman–Crippen LogP) is 3.93. The fraction of sp³-hybridized carbons (Fsp3) is 0.200. The van der Waals surface area contributed by atoms with Crippen molar-refractivity contribution in [1.29, 1.82) is 0 Å². The number of ether oxygens (including phenoxy) is 1. The van der Waals surface area contributed by atoms with Crippen molar-refractivity contribution in [3.05, 3.63) is 63.4 Å². The molecule has 2 rings (SSSR count). The van der Waals surface area contributed by atoms with Crippen LogP contribution < -0.4 is 10.5 Å². The lowest BCUT2D eigenvalue weighted by Gasteiger charge is -2.10. The Morgan fingerprint density at radius 2 is 2.00 bits per heavy atom. The normalized spacial score (nSPS) is 10.5. The Bertz CT molecular complexity index is 586. The van der Waals surface area contributed by atoms with E-state index < -0.39 is 0 Å². The molecule has 0 saturated carbocycles. The van der Waals surface area contributed by atoms with Gasteiger partial charge in [-0.15, -0.1) is 0 Å². The highest BCUT2D eigenvalue weighted by Gasteiger charge is 2.04. The summed E-state index contributed by atoms with van der Waals surface area (Å²) in [5, 5.41) is 0. The number of hydrogen-bond donors (Lipinski definition) is 1. The first-order valence-electron chi connectivity index (χ1n) is 5.96. The maximum Gasteiger partial charge on any atom is 0.137 e. The molecule has 2 nitrogen and oxygen atoms in total. The largest absolute Gasteiger partial charge is 0.489 e. The van der Waals surface area contributed by atoms with E-state index in [1.54, 1.807) is 12.1 Å². The van der Waals surface area contributed by atoms with Gasteiger partial charge in [-0.05, 0) is 57.7 Å². The molecule has 0 aliphatic rings. The Morgan fingerprint density at radius 3 is 2.63 bits per heavy atom. The Balaban J connectivity index is 2.07. The van der Waals surface area contributed by atoms with E-state index in [0.29, 0.717) is 23.4 Å². The van der Waals surface area contributed by atoms with Gasteiger partial charge in [0.05, 0.1) is 4.47 Å². The molecule has 0 radical (unpaired) electrons. The third-order valence-electron chi connectivity index (χ3n) is 2.93. The molecule has 0 aliphatic carbocycles. The molecule has 2 aromatic rings. The van der Waals surface area contributed by atoms with Gasteiger partial charge in [-0.25, -0.2) is 4.39 Å². The van der Waals surface area contributed by atoms with Crippen LogP contribution in [-0.4, -0.2) is 0 Å². The lowest BCUT2D eigenvalue weighted by Crippen LogP contribution is -2.01. The fourth-order valence-corrected chi connectivity index (χ4v) is 2.13. The average Bonchev–Trinajstić information content (AvgIpc) is 2.41. The minimum atomic E-state index is -0.296. The number of aryl methyl sites for hydroxylation is 1. The zero-order valence-electron chi connectivity index (χ0n) is 10.6. The Kier molecular flexibility index (Phi) is 4.56. The molecule has 4 heteroatoms. The highest BCUT2D eigenvalue weighted by Crippen LogP contribution is 2.23. The van der Waals surface area contributed by atoms with Gasteiger partial charge in [0.25, 0.3) is 0 Å². The van der Waals surface area contributed by atoms with Gasteiger partial charge in [0.1, 0.15) is 18.2 Å². The Morgan fingerprint density at radius 1 is 1.21 bits per heavy atom. The third-order valence-corrected chi connectivity index (χ3v) is 3.54. The third kappa shape index (κ3) is 3.55. The standard InChI is InChI=1S/C15H15BrFNO/c1-10-6-11(8-18)2-3-12(10)9-19-13-4-5-15(17)14(16)7-13/h2-7H,8-9,18H2,1H3. The molecule has 100 valence electrons. The molecule has 0 heterocycles. The van der Waals surface area contributed by atoms with Crippen LogP contribution in [0.15, 0.2) is 40.9 Å². The van der Waals surface area contributed by atoms with E-state index in [1.807, 2.05) is 19.1 Å². The Labute approximate surface area is 120 Å². The van der Waals surface area contributed by atoms with Gasteiger partial charge in [0.2, 0.25) is 0 Å². The number of nitrogens with two attached hydrogens (primary N) is 1. The first-order chi connectivity index (χ1) is 9.10. The van der Waals surface area contributed by atoms with Crippen LogP contribution in [0.4, 0.5) is 4.39 Å². The summed E-state index contributed by atoms with van der Waals surface area (Å²) in [6.45, 7) is 3.01. The van der Waals surface area contributed by atoms with Gasteiger partial charge in [-0.1, -0.05) is 18.2 Å². The maximum absolute atomic E-state index is 13.1. The maximum atomic E-state index is 13.1. The molecule has 0 amide bonds. The fourth-order valence-electron chi connectivity index (χ4n) is 1.77. The zero-order chi connectivity index (χ0) is 13.8. The highest BCUT2D eigenvalue weighted by atomic mass is 79.9. The summed E-state index contributed by atoms with van der Waals surface area (Å²) in [5.74, 6) is 0.339. The van der Waals surface area contributed by atoms with Crippen LogP contribution in [0.3, 0.4) is 0 Å².